The van der Waals surface area contributed by atoms with Crippen molar-refractivity contribution in [2.45, 2.75) is 31.7 Å². The van der Waals surface area contributed by atoms with Crippen LogP contribution in [0.1, 0.15) is 25.7 Å². The van der Waals surface area contributed by atoms with Gasteiger partial charge in [0, 0.05) is 38.3 Å². The minimum Gasteiger partial charge on any atom is -0.484 e. The van der Waals surface area contributed by atoms with Gasteiger partial charge in [0.05, 0.1) is 0 Å². The molecule has 0 unspecified atom stereocenters. The van der Waals surface area contributed by atoms with Crippen molar-refractivity contribution in [1.29, 1.82) is 0 Å². The van der Waals surface area contributed by atoms with E-state index in [-0.39, 0.29) is 30.4 Å². The molecule has 1 saturated carbocycles. The molecule has 2 amide bonds. The van der Waals surface area contributed by atoms with Gasteiger partial charge in [-0.3, -0.25) is 9.59 Å². The molecule has 6 heteroatoms. The normalized spacial score (nSPS) is 17.8. The maximum atomic E-state index is 12.5. The summed E-state index contributed by atoms with van der Waals surface area (Å²) < 4.78 is 10.8. The first-order chi connectivity index (χ1) is 12.2. The van der Waals surface area contributed by atoms with E-state index < -0.39 is 0 Å². The first kappa shape index (κ1) is 17.7. The Hall–Kier alpha value is -2.08. The Bertz CT molecular complexity index is 568. The molecule has 1 aromatic carbocycles. The molecule has 2 fully saturated rings. The summed E-state index contributed by atoms with van der Waals surface area (Å²) in [6, 6.07) is 9.49. The standard InChI is InChI=1S/C19H26N2O4/c22-18(14-25-17-4-2-1-3-5-17)20-10-11-21(19(23)15-6-7-15)16-8-12-24-13-9-16/h1-5,15-16H,6-14H2,(H,20,22). The Morgan fingerprint density at radius 3 is 2.52 bits per heavy atom. The lowest BCUT2D eigenvalue weighted by atomic mass is 10.1. The van der Waals surface area contributed by atoms with Gasteiger partial charge in [-0.1, -0.05) is 18.2 Å². The van der Waals surface area contributed by atoms with Gasteiger partial charge in [0.2, 0.25) is 5.91 Å². The van der Waals surface area contributed by atoms with Gasteiger partial charge < -0.3 is 19.7 Å². The first-order valence-corrected chi connectivity index (χ1v) is 9.07. The van der Waals surface area contributed by atoms with Crippen LogP contribution in [0.3, 0.4) is 0 Å². The van der Waals surface area contributed by atoms with Gasteiger partial charge in [-0.15, -0.1) is 0 Å². The van der Waals surface area contributed by atoms with Crippen LogP contribution in [0.15, 0.2) is 30.3 Å². The molecule has 0 bridgehead atoms. The third-order valence-electron chi connectivity index (χ3n) is 4.63. The van der Waals surface area contributed by atoms with Crippen molar-refractivity contribution < 1.29 is 19.1 Å². The number of carbonyl (C=O) groups is 2. The van der Waals surface area contributed by atoms with E-state index in [0.717, 1.165) is 25.7 Å². The molecule has 0 atom stereocenters. The maximum absolute atomic E-state index is 12.5. The van der Waals surface area contributed by atoms with Crippen molar-refractivity contribution in [3.8, 4) is 5.75 Å². The van der Waals surface area contributed by atoms with Crippen molar-refractivity contribution in [3.63, 3.8) is 0 Å². The molecular formula is C19H26N2O4. The third-order valence-corrected chi connectivity index (χ3v) is 4.63. The van der Waals surface area contributed by atoms with E-state index in [0.29, 0.717) is 32.1 Å². The number of benzene rings is 1. The van der Waals surface area contributed by atoms with Gasteiger partial charge in [0.15, 0.2) is 6.61 Å². The molecule has 1 aliphatic carbocycles. The van der Waals surface area contributed by atoms with E-state index in [4.69, 9.17) is 9.47 Å². The van der Waals surface area contributed by atoms with Gasteiger partial charge in [-0.2, -0.15) is 0 Å². The second kappa shape index (κ2) is 8.85. The molecule has 0 spiro atoms. The van der Waals surface area contributed by atoms with Gasteiger partial charge in [-0.05, 0) is 37.8 Å². The van der Waals surface area contributed by atoms with E-state index in [9.17, 15) is 9.59 Å². The molecule has 3 rings (SSSR count). The molecule has 1 saturated heterocycles. The topological polar surface area (TPSA) is 67.9 Å². The lowest BCUT2D eigenvalue weighted by Crippen LogP contribution is -2.47. The summed E-state index contributed by atoms with van der Waals surface area (Å²) >= 11 is 0. The molecule has 1 heterocycles. The van der Waals surface area contributed by atoms with Crippen LogP contribution >= 0.6 is 0 Å². The van der Waals surface area contributed by atoms with E-state index in [1.807, 2.05) is 35.2 Å². The van der Waals surface area contributed by atoms with E-state index in [2.05, 4.69) is 5.32 Å². The second-order valence-corrected chi connectivity index (χ2v) is 6.60. The summed E-state index contributed by atoms with van der Waals surface area (Å²) in [5.74, 6) is 0.932. The van der Waals surface area contributed by atoms with Crippen LogP contribution in [0.2, 0.25) is 0 Å². The summed E-state index contributed by atoms with van der Waals surface area (Å²) in [6.45, 7) is 2.40. The van der Waals surface area contributed by atoms with Crippen molar-refractivity contribution in [2.75, 3.05) is 32.9 Å². The number of nitrogens with zero attached hydrogens (tertiary/aromatic N) is 1. The van der Waals surface area contributed by atoms with Crippen LogP contribution in [-0.4, -0.2) is 55.7 Å². The Balaban J connectivity index is 1.42. The van der Waals surface area contributed by atoms with Crippen LogP contribution in [-0.2, 0) is 14.3 Å². The predicted octanol–water partition coefficient (Wildman–Crippen LogP) is 1.60. The lowest BCUT2D eigenvalue weighted by Gasteiger charge is -2.34. The highest BCUT2D eigenvalue weighted by Crippen LogP contribution is 2.32. The number of ether oxygens (including phenoxy) is 2. The van der Waals surface area contributed by atoms with E-state index in [1.165, 1.54) is 0 Å². The summed E-state index contributed by atoms with van der Waals surface area (Å²) in [7, 11) is 0. The fraction of sp³-hybridized carbons (Fsp3) is 0.579. The highest BCUT2D eigenvalue weighted by molar-refractivity contribution is 5.81. The van der Waals surface area contributed by atoms with Crippen LogP contribution in [0.25, 0.3) is 0 Å². The van der Waals surface area contributed by atoms with Gasteiger partial charge in [0.25, 0.3) is 5.91 Å². The van der Waals surface area contributed by atoms with E-state index >= 15 is 0 Å². The number of carbonyl (C=O) groups excluding carboxylic acids is 2. The Morgan fingerprint density at radius 2 is 1.84 bits per heavy atom. The highest BCUT2D eigenvalue weighted by atomic mass is 16.5. The lowest BCUT2D eigenvalue weighted by molar-refractivity contribution is -0.137. The van der Waals surface area contributed by atoms with Crippen molar-refractivity contribution in [2.24, 2.45) is 5.92 Å². The highest BCUT2D eigenvalue weighted by Gasteiger charge is 2.36. The Kier molecular flexibility index (Phi) is 6.28. The van der Waals surface area contributed by atoms with Crippen LogP contribution in [0.5, 0.6) is 5.75 Å². The molecule has 2 aliphatic rings. The fourth-order valence-corrected chi connectivity index (χ4v) is 3.07. The van der Waals surface area contributed by atoms with Gasteiger partial charge >= 0.3 is 0 Å². The third kappa shape index (κ3) is 5.46. The number of amides is 2. The molecule has 0 radical (unpaired) electrons. The van der Waals surface area contributed by atoms with Crippen molar-refractivity contribution in [1.82, 2.24) is 10.2 Å². The zero-order chi connectivity index (χ0) is 17.5. The average molecular weight is 346 g/mol. The predicted molar refractivity (Wildman–Crippen MR) is 93.2 cm³/mol. The molecule has 0 aromatic heterocycles. The minimum absolute atomic E-state index is 0.0160. The molecule has 1 aliphatic heterocycles. The fourth-order valence-electron chi connectivity index (χ4n) is 3.07. The van der Waals surface area contributed by atoms with Crippen LogP contribution in [0, 0.1) is 5.92 Å². The monoisotopic (exact) mass is 346 g/mol. The second-order valence-electron chi connectivity index (χ2n) is 6.60. The minimum atomic E-state index is -0.172. The molecule has 1 aromatic rings. The zero-order valence-corrected chi connectivity index (χ0v) is 14.5. The number of nitrogens with one attached hydrogen (secondary N) is 1. The molecule has 25 heavy (non-hydrogen) atoms. The van der Waals surface area contributed by atoms with Gasteiger partial charge in [-0.25, -0.2) is 0 Å². The Labute approximate surface area is 148 Å². The van der Waals surface area contributed by atoms with E-state index in [1.54, 1.807) is 0 Å². The Morgan fingerprint density at radius 1 is 1.12 bits per heavy atom. The molecule has 6 nitrogen and oxygen atoms in total. The summed E-state index contributed by atoms with van der Waals surface area (Å²) in [5.41, 5.74) is 0. The van der Waals surface area contributed by atoms with Gasteiger partial charge in [0.1, 0.15) is 5.75 Å². The average Bonchev–Trinajstić information content (AvgIpc) is 3.50. The maximum Gasteiger partial charge on any atom is 0.258 e. The smallest absolute Gasteiger partial charge is 0.258 e. The summed E-state index contributed by atoms with van der Waals surface area (Å²) in [5, 5.41) is 2.85. The number of hydrogen-bond acceptors (Lipinski definition) is 4. The SMILES string of the molecule is O=C(COc1ccccc1)NCCN(C(=O)C1CC1)C1CCOCC1. The summed E-state index contributed by atoms with van der Waals surface area (Å²) in [6.07, 6.45) is 3.75. The zero-order valence-electron chi connectivity index (χ0n) is 14.5. The van der Waals surface area contributed by atoms with Crippen molar-refractivity contribution >= 4 is 11.8 Å². The quantitative estimate of drug-likeness (QED) is 0.776. The number of para-hydroxylation sites is 1. The van der Waals surface area contributed by atoms with Crippen molar-refractivity contribution in [3.05, 3.63) is 30.3 Å². The molecule has 1 N–H and O–H groups in total. The largest absolute Gasteiger partial charge is 0.484 e. The van der Waals surface area contributed by atoms with Crippen LogP contribution < -0.4 is 10.1 Å². The summed E-state index contributed by atoms with van der Waals surface area (Å²) in [4.78, 5) is 26.4. The molecular weight excluding hydrogens is 320 g/mol. The van der Waals surface area contributed by atoms with Crippen LogP contribution in [0.4, 0.5) is 0 Å². The first-order valence-electron chi connectivity index (χ1n) is 9.07. The molecule has 136 valence electrons. The number of hydrogen-bond donors (Lipinski definition) is 1. The number of rotatable bonds is 8.